The minimum atomic E-state index is 0.149. The van der Waals surface area contributed by atoms with Crippen molar-refractivity contribution in [1.82, 2.24) is 0 Å². The summed E-state index contributed by atoms with van der Waals surface area (Å²) in [6, 6.07) is 2.03. The fourth-order valence-electron chi connectivity index (χ4n) is 0.687. The topological polar surface area (TPSA) is 20.2 Å². The largest absolute Gasteiger partial charge is 0.392 e. The molecule has 0 aliphatic rings. The number of aliphatic hydroxyl groups excluding tert-OH is 1. The average Bonchev–Trinajstić information content (AvgIpc) is 2.40. The van der Waals surface area contributed by atoms with Crippen molar-refractivity contribution in [3.63, 3.8) is 0 Å². The zero-order valence-electron chi connectivity index (χ0n) is 5.87. The normalized spacial score (nSPS) is 12.0. The zero-order valence-corrected chi connectivity index (χ0v) is 6.69. The van der Waals surface area contributed by atoms with Crippen molar-refractivity contribution in [3.8, 4) is 0 Å². The highest BCUT2D eigenvalue weighted by Gasteiger charge is 1.87. The Bertz CT molecular complexity index is 211. The molecular formula is C8H10OS. The van der Waals surface area contributed by atoms with Crippen LogP contribution in [-0.4, -0.2) is 11.7 Å². The third kappa shape index (κ3) is 1.97. The Balaban J connectivity index is 2.71. The fraction of sp³-hybridized carbons (Fsp3) is 0.250. The maximum atomic E-state index is 8.67. The number of rotatable bonds is 2. The second-order valence-electron chi connectivity index (χ2n) is 2.21. The zero-order chi connectivity index (χ0) is 7.40. The van der Waals surface area contributed by atoms with Crippen molar-refractivity contribution in [3.05, 3.63) is 28.0 Å². The first kappa shape index (κ1) is 7.51. The van der Waals surface area contributed by atoms with Gasteiger partial charge in [-0.3, -0.25) is 0 Å². The summed E-state index contributed by atoms with van der Waals surface area (Å²) >= 11 is 1.67. The first-order chi connectivity index (χ1) is 4.83. The molecule has 1 N–H and O–H groups in total. The van der Waals surface area contributed by atoms with Gasteiger partial charge in [0, 0.05) is 0 Å². The Kier molecular flexibility index (Phi) is 2.66. The van der Waals surface area contributed by atoms with E-state index >= 15 is 0 Å². The molecule has 2 heteroatoms. The van der Waals surface area contributed by atoms with Gasteiger partial charge in [0.25, 0.3) is 0 Å². The minimum absolute atomic E-state index is 0.149. The summed E-state index contributed by atoms with van der Waals surface area (Å²) < 4.78 is 0. The van der Waals surface area contributed by atoms with E-state index in [1.165, 1.54) is 5.56 Å². The van der Waals surface area contributed by atoms with Crippen molar-refractivity contribution < 1.29 is 5.11 Å². The molecule has 1 nitrogen and oxygen atoms in total. The summed E-state index contributed by atoms with van der Waals surface area (Å²) in [5.74, 6) is 0. The third-order valence-corrected chi connectivity index (χ3v) is 1.91. The Morgan fingerprint density at radius 1 is 1.80 bits per heavy atom. The van der Waals surface area contributed by atoms with Crippen molar-refractivity contribution in [2.75, 3.05) is 6.61 Å². The van der Waals surface area contributed by atoms with Crippen LogP contribution in [-0.2, 0) is 0 Å². The molecule has 10 heavy (non-hydrogen) atoms. The van der Waals surface area contributed by atoms with E-state index in [1.807, 2.05) is 24.4 Å². The Hall–Kier alpha value is -0.600. The smallest absolute Gasteiger partial charge is 0.0642 e. The van der Waals surface area contributed by atoms with Gasteiger partial charge in [0.15, 0.2) is 0 Å². The number of hydrogen-bond acceptors (Lipinski definition) is 2. The number of thiophene rings is 1. The molecule has 54 valence electrons. The number of aliphatic hydroxyl groups is 1. The molecule has 0 fully saturated rings. The molecule has 1 heterocycles. The molecule has 0 spiro atoms. The summed E-state index contributed by atoms with van der Waals surface area (Å²) in [7, 11) is 0. The van der Waals surface area contributed by atoms with Crippen LogP contribution in [0.2, 0.25) is 0 Å². The molecule has 0 radical (unpaired) electrons. The maximum Gasteiger partial charge on any atom is 0.0642 e. The van der Waals surface area contributed by atoms with Gasteiger partial charge in [-0.1, -0.05) is 6.08 Å². The fourth-order valence-corrected chi connectivity index (χ4v) is 1.31. The van der Waals surface area contributed by atoms with E-state index in [1.54, 1.807) is 11.3 Å². The van der Waals surface area contributed by atoms with Crippen molar-refractivity contribution in [1.29, 1.82) is 0 Å². The van der Waals surface area contributed by atoms with Crippen LogP contribution in [0.5, 0.6) is 0 Å². The summed E-state index contributed by atoms with van der Waals surface area (Å²) in [5.41, 5.74) is 2.18. The lowest BCUT2D eigenvalue weighted by Crippen LogP contribution is -1.81. The van der Waals surface area contributed by atoms with Crippen LogP contribution in [0, 0.1) is 0 Å². The predicted molar refractivity (Wildman–Crippen MR) is 45.1 cm³/mol. The summed E-state index contributed by atoms with van der Waals surface area (Å²) in [6.07, 6.45) is 1.98. The van der Waals surface area contributed by atoms with E-state index in [4.69, 9.17) is 5.11 Å². The van der Waals surface area contributed by atoms with Gasteiger partial charge in [0.1, 0.15) is 0 Å². The van der Waals surface area contributed by atoms with Crippen molar-refractivity contribution in [2.45, 2.75) is 6.92 Å². The third-order valence-electron chi connectivity index (χ3n) is 1.21. The second-order valence-corrected chi connectivity index (χ2v) is 2.99. The van der Waals surface area contributed by atoms with Gasteiger partial charge in [0.2, 0.25) is 0 Å². The van der Waals surface area contributed by atoms with E-state index in [-0.39, 0.29) is 6.61 Å². The highest BCUT2D eigenvalue weighted by atomic mass is 32.1. The van der Waals surface area contributed by atoms with E-state index in [2.05, 4.69) is 5.38 Å². The highest BCUT2D eigenvalue weighted by molar-refractivity contribution is 7.08. The summed E-state index contributed by atoms with van der Waals surface area (Å²) in [5, 5.41) is 12.7. The molecule has 0 aliphatic heterocycles. The molecule has 0 saturated carbocycles. The van der Waals surface area contributed by atoms with Gasteiger partial charge in [0.05, 0.1) is 6.61 Å². The Morgan fingerprint density at radius 3 is 3.10 bits per heavy atom. The van der Waals surface area contributed by atoms with Crippen LogP contribution >= 0.6 is 11.3 Å². The van der Waals surface area contributed by atoms with Gasteiger partial charge in [-0.05, 0) is 34.9 Å². The van der Waals surface area contributed by atoms with Crippen LogP contribution in [0.15, 0.2) is 22.4 Å². The highest BCUT2D eigenvalue weighted by Crippen LogP contribution is 2.09. The second kappa shape index (κ2) is 3.54. The van der Waals surface area contributed by atoms with Gasteiger partial charge >= 0.3 is 0 Å². The first-order valence-electron chi connectivity index (χ1n) is 3.13. The van der Waals surface area contributed by atoms with Crippen molar-refractivity contribution in [2.24, 2.45) is 0 Å². The first-order valence-corrected chi connectivity index (χ1v) is 4.07. The molecule has 1 rings (SSSR count). The molecular weight excluding hydrogens is 144 g/mol. The molecule has 0 atom stereocenters. The van der Waals surface area contributed by atoms with E-state index in [0.29, 0.717) is 0 Å². The average molecular weight is 154 g/mol. The minimum Gasteiger partial charge on any atom is -0.392 e. The van der Waals surface area contributed by atoms with Crippen LogP contribution in [0.1, 0.15) is 12.5 Å². The van der Waals surface area contributed by atoms with E-state index in [0.717, 1.165) is 5.57 Å². The predicted octanol–water partition coefficient (Wildman–Crippen LogP) is 2.14. The summed E-state index contributed by atoms with van der Waals surface area (Å²) in [4.78, 5) is 0. The standard InChI is InChI=1S/C8H10OS/c1-7(5-9)4-8-2-3-10-6-8/h2-4,6,9H,5H2,1H3. The maximum absolute atomic E-state index is 8.67. The van der Waals surface area contributed by atoms with E-state index < -0.39 is 0 Å². The van der Waals surface area contributed by atoms with E-state index in [9.17, 15) is 0 Å². The van der Waals surface area contributed by atoms with Gasteiger partial charge in [-0.2, -0.15) is 11.3 Å². The molecule has 0 unspecified atom stereocenters. The molecule has 0 aliphatic carbocycles. The molecule has 0 saturated heterocycles. The monoisotopic (exact) mass is 154 g/mol. The van der Waals surface area contributed by atoms with Gasteiger partial charge in [-0.25, -0.2) is 0 Å². The molecule has 0 aromatic carbocycles. The lowest BCUT2D eigenvalue weighted by molar-refractivity contribution is 0.332. The van der Waals surface area contributed by atoms with Crippen molar-refractivity contribution >= 4 is 17.4 Å². The van der Waals surface area contributed by atoms with Gasteiger partial charge < -0.3 is 5.11 Å². The molecule has 0 amide bonds. The number of hydrogen-bond donors (Lipinski definition) is 1. The van der Waals surface area contributed by atoms with Crippen LogP contribution < -0.4 is 0 Å². The molecule has 1 aromatic heterocycles. The Labute approximate surface area is 64.6 Å². The molecule has 0 bridgehead atoms. The van der Waals surface area contributed by atoms with Crippen LogP contribution in [0.25, 0.3) is 6.08 Å². The lowest BCUT2D eigenvalue weighted by Gasteiger charge is -1.90. The Morgan fingerprint density at radius 2 is 2.60 bits per heavy atom. The quantitative estimate of drug-likeness (QED) is 0.692. The van der Waals surface area contributed by atoms with Gasteiger partial charge in [-0.15, -0.1) is 0 Å². The molecule has 1 aromatic rings. The SMILES string of the molecule is CC(=Cc1ccsc1)CO. The summed E-state index contributed by atoms with van der Waals surface area (Å²) in [6.45, 7) is 2.06. The lowest BCUT2D eigenvalue weighted by atomic mass is 10.2. The van der Waals surface area contributed by atoms with Crippen LogP contribution in [0.4, 0.5) is 0 Å². The van der Waals surface area contributed by atoms with Crippen LogP contribution in [0.3, 0.4) is 0 Å².